The van der Waals surface area contributed by atoms with Crippen LogP contribution in [0.1, 0.15) is 34.1 Å². The van der Waals surface area contributed by atoms with Crippen LogP contribution in [-0.2, 0) is 0 Å². The second kappa shape index (κ2) is 9.17. The first-order valence-corrected chi connectivity index (χ1v) is 4.46. The Labute approximate surface area is 79.7 Å². The Morgan fingerprint density at radius 3 is 2.08 bits per heavy atom. The SMILES string of the molecule is C=C/C(C)=C(F)\C=C(\F)CC.CC. The standard InChI is InChI=1S/C9H12F2.C2H6/c1-4-7(3)9(11)6-8(10)5-2;1-2/h4,6H,1,5H2,2-3H3;1-2H3/b8-6+,9-7+;. The Hall–Kier alpha value is -0.920. The third-order valence-corrected chi connectivity index (χ3v) is 1.30. The largest absolute Gasteiger partial charge is 0.212 e. The summed E-state index contributed by atoms with van der Waals surface area (Å²) in [4.78, 5) is 0. The van der Waals surface area contributed by atoms with Crippen molar-refractivity contribution in [2.75, 3.05) is 0 Å². The summed E-state index contributed by atoms with van der Waals surface area (Å²) in [7, 11) is 0. The molecule has 0 radical (unpaired) electrons. The lowest BCUT2D eigenvalue weighted by atomic mass is 10.2. The summed E-state index contributed by atoms with van der Waals surface area (Å²) in [5, 5.41) is 0. The lowest BCUT2D eigenvalue weighted by molar-refractivity contribution is 0.585. The van der Waals surface area contributed by atoms with Crippen LogP contribution in [0.2, 0.25) is 0 Å². The molecule has 0 amide bonds. The van der Waals surface area contributed by atoms with E-state index in [1.165, 1.54) is 6.08 Å². The normalized spacial score (nSPS) is 12.6. The monoisotopic (exact) mass is 188 g/mol. The number of hydrogen-bond acceptors (Lipinski definition) is 0. The van der Waals surface area contributed by atoms with E-state index in [2.05, 4.69) is 6.58 Å². The van der Waals surface area contributed by atoms with E-state index >= 15 is 0 Å². The topological polar surface area (TPSA) is 0 Å². The molecule has 0 aliphatic heterocycles. The summed E-state index contributed by atoms with van der Waals surface area (Å²) in [6, 6.07) is 0. The smallest absolute Gasteiger partial charge is 0.128 e. The minimum atomic E-state index is -0.556. The molecule has 0 aromatic rings. The maximum absolute atomic E-state index is 12.7. The van der Waals surface area contributed by atoms with Gasteiger partial charge in [-0.25, -0.2) is 8.78 Å². The van der Waals surface area contributed by atoms with Crippen molar-refractivity contribution in [3.05, 3.63) is 36.0 Å². The van der Waals surface area contributed by atoms with Crippen LogP contribution in [0.15, 0.2) is 36.0 Å². The van der Waals surface area contributed by atoms with E-state index in [1.54, 1.807) is 13.8 Å². The van der Waals surface area contributed by atoms with Crippen LogP contribution in [0.4, 0.5) is 8.78 Å². The van der Waals surface area contributed by atoms with Gasteiger partial charge < -0.3 is 0 Å². The van der Waals surface area contributed by atoms with Crippen LogP contribution in [0.3, 0.4) is 0 Å². The predicted octanol–water partition coefficient (Wildman–Crippen LogP) is 4.71. The lowest BCUT2D eigenvalue weighted by Gasteiger charge is -1.92. The van der Waals surface area contributed by atoms with Crippen LogP contribution in [0.5, 0.6) is 0 Å². The van der Waals surface area contributed by atoms with Gasteiger partial charge in [-0.1, -0.05) is 33.4 Å². The Bertz CT molecular complexity index is 200. The van der Waals surface area contributed by atoms with Gasteiger partial charge in [0, 0.05) is 6.08 Å². The maximum Gasteiger partial charge on any atom is 0.128 e. The maximum atomic E-state index is 12.7. The highest BCUT2D eigenvalue weighted by molar-refractivity contribution is 5.26. The molecule has 0 aromatic heterocycles. The van der Waals surface area contributed by atoms with E-state index in [1.807, 2.05) is 13.8 Å². The predicted molar refractivity (Wildman–Crippen MR) is 54.8 cm³/mol. The van der Waals surface area contributed by atoms with Gasteiger partial charge in [0.05, 0.1) is 0 Å². The molecule has 0 aliphatic carbocycles. The van der Waals surface area contributed by atoms with Gasteiger partial charge in [0.2, 0.25) is 0 Å². The van der Waals surface area contributed by atoms with Crippen LogP contribution >= 0.6 is 0 Å². The van der Waals surface area contributed by atoms with Crippen molar-refractivity contribution < 1.29 is 8.78 Å². The molecule has 0 atom stereocenters. The van der Waals surface area contributed by atoms with E-state index in [9.17, 15) is 8.78 Å². The molecule has 0 N–H and O–H groups in total. The third kappa shape index (κ3) is 7.44. The molecule has 76 valence electrons. The van der Waals surface area contributed by atoms with Gasteiger partial charge in [0.15, 0.2) is 0 Å². The zero-order valence-electron chi connectivity index (χ0n) is 8.82. The zero-order valence-corrected chi connectivity index (χ0v) is 8.82. The summed E-state index contributed by atoms with van der Waals surface area (Å²) in [6.07, 6.45) is 2.46. The zero-order chi connectivity index (χ0) is 10.9. The van der Waals surface area contributed by atoms with E-state index in [4.69, 9.17) is 0 Å². The average molecular weight is 188 g/mol. The third-order valence-electron chi connectivity index (χ3n) is 1.30. The highest BCUT2D eigenvalue weighted by atomic mass is 19.1. The summed E-state index contributed by atoms with van der Waals surface area (Å²) in [6.45, 7) is 10.5. The molecule has 0 aliphatic rings. The van der Waals surface area contributed by atoms with Gasteiger partial charge in [0.1, 0.15) is 11.7 Å². The Kier molecular flexibility index (Phi) is 10.3. The van der Waals surface area contributed by atoms with Crippen molar-refractivity contribution in [2.45, 2.75) is 34.1 Å². The fourth-order valence-corrected chi connectivity index (χ4v) is 0.451. The molecule has 13 heavy (non-hydrogen) atoms. The summed E-state index contributed by atoms with van der Waals surface area (Å²) in [5.41, 5.74) is 0.355. The number of allylic oxidation sites excluding steroid dienone is 5. The fraction of sp³-hybridized carbons (Fsp3) is 0.455. The molecule has 0 saturated heterocycles. The Balaban J connectivity index is 0. The molecule has 0 bridgehead atoms. The van der Waals surface area contributed by atoms with Gasteiger partial charge in [0.25, 0.3) is 0 Å². The van der Waals surface area contributed by atoms with Gasteiger partial charge in [-0.15, -0.1) is 0 Å². The minimum absolute atomic E-state index is 0.220. The molecule has 0 fully saturated rings. The first kappa shape index (κ1) is 14.6. The van der Waals surface area contributed by atoms with Crippen LogP contribution in [0.25, 0.3) is 0 Å². The van der Waals surface area contributed by atoms with Crippen LogP contribution in [0, 0.1) is 0 Å². The van der Waals surface area contributed by atoms with Crippen molar-refractivity contribution in [3.63, 3.8) is 0 Å². The lowest BCUT2D eigenvalue weighted by Crippen LogP contribution is -1.76. The summed E-state index contributed by atoms with van der Waals surface area (Å²) in [5.74, 6) is -1.01. The molecule has 0 spiro atoms. The van der Waals surface area contributed by atoms with Crippen molar-refractivity contribution in [1.29, 1.82) is 0 Å². The summed E-state index contributed by atoms with van der Waals surface area (Å²) >= 11 is 0. The number of rotatable bonds is 3. The molecule has 0 nitrogen and oxygen atoms in total. The number of hydrogen-bond donors (Lipinski definition) is 0. The minimum Gasteiger partial charge on any atom is -0.212 e. The van der Waals surface area contributed by atoms with Gasteiger partial charge >= 0.3 is 0 Å². The Morgan fingerprint density at radius 1 is 1.31 bits per heavy atom. The highest BCUT2D eigenvalue weighted by Gasteiger charge is 1.96. The van der Waals surface area contributed by atoms with Gasteiger partial charge in [-0.3, -0.25) is 0 Å². The van der Waals surface area contributed by atoms with E-state index < -0.39 is 11.7 Å². The van der Waals surface area contributed by atoms with Crippen LogP contribution < -0.4 is 0 Å². The van der Waals surface area contributed by atoms with E-state index in [0.717, 1.165) is 6.08 Å². The Morgan fingerprint density at radius 2 is 1.77 bits per heavy atom. The second-order valence-corrected chi connectivity index (χ2v) is 2.18. The molecular formula is C11H18F2. The van der Waals surface area contributed by atoms with E-state index in [-0.39, 0.29) is 6.42 Å². The highest BCUT2D eigenvalue weighted by Crippen LogP contribution is 2.13. The van der Waals surface area contributed by atoms with Gasteiger partial charge in [-0.2, -0.15) is 0 Å². The van der Waals surface area contributed by atoms with Crippen molar-refractivity contribution >= 4 is 0 Å². The molecule has 0 unspecified atom stereocenters. The van der Waals surface area contributed by atoms with Crippen molar-refractivity contribution in [2.24, 2.45) is 0 Å². The van der Waals surface area contributed by atoms with Crippen molar-refractivity contribution in [1.82, 2.24) is 0 Å². The number of halogens is 2. The first-order chi connectivity index (χ1) is 6.11. The van der Waals surface area contributed by atoms with E-state index in [0.29, 0.717) is 5.57 Å². The fourth-order valence-electron chi connectivity index (χ4n) is 0.451. The average Bonchev–Trinajstić information content (AvgIpc) is 2.19. The molecule has 0 saturated carbocycles. The van der Waals surface area contributed by atoms with Gasteiger partial charge in [-0.05, 0) is 18.9 Å². The summed E-state index contributed by atoms with van der Waals surface area (Å²) < 4.78 is 25.2. The molecule has 0 aromatic carbocycles. The van der Waals surface area contributed by atoms with Crippen LogP contribution in [-0.4, -0.2) is 0 Å². The quantitative estimate of drug-likeness (QED) is 0.563. The van der Waals surface area contributed by atoms with Crippen molar-refractivity contribution in [3.8, 4) is 0 Å². The molecule has 0 heterocycles. The molecule has 2 heteroatoms. The molecule has 0 rings (SSSR count). The first-order valence-electron chi connectivity index (χ1n) is 4.46. The molecular weight excluding hydrogens is 170 g/mol. The second-order valence-electron chi connectivity index (χ2n) is 2.18.